The molecule has 11 heavy (non-hydrogen) atoms. The van der Waals surface area contributed by atoms with Crippen molar-refractivity contribution in [2.45, 2.75) is 6.92 Å². The summed E-state index contributed by atoms with van der Waals surface area (Å²) < 4.78 is 3.55. The molecule has 0 bridgehead atoms. The number of aromatic nitrogens is 1. The predicted octanol–water partition coefficient (Wildman–Crippen LogP) is 2.03. The van der Waals surface area contributed by atoms with E-state index in [1.807, 2.05) is 11.3 Å². The lowest BCUT2D eigenvalue weighted by Crippen LogP contribution is -2.30. The van der Waals surface area contributed by atoms with Crippen molar-refractivity contribution in [3.63, 3.8) is 0 Å². The van der Waals surface area contributed by atoms with Crippen LogP contribution in [-0.4, -0.2) is 0 Å². The van der Waals surface area contributed by atoms with Gasteiger partial charge in [0, 0.05) is 18.4 Å². The zero-order valence-electron chi connectivity index (χ0n) is 6.66. The van der Waals surface area contributed by atoms with E-state index in [4.69, 9.17) is 0 Å². The van der Waals surface area contributed by atoms with Gasteiger partial charge in [-0.3, -0.25) is 0 Å². The molecule has 0 spiro atoms. The SMILES string of the molecule is Cc1c2sccc2cc[n+]1C. The minimum atomic E-state index is 1.34. The van der Waals surface area contributed by atoms with Gasteiger partial charge in [0.15, 0.2) is 11.9 Å². The maximum absolute atomic E-state index is 2.16. The van der Waals surface area contributed by atoms with Crippen molar-refractivity contribution < 1.29 is 4.57 Å². The average Bonchev–Trinajstić information content (AvgIpc) is 2.45. The Hall–Kier alpha value is -0.890. The van der Waals surface area contributed by atoms with Gasteiger partial charge in [-0.15, -0.1) is 11.3 Å². The molecule has 0 N–H and O–H groups in total. The standard InChI is InChI=1S/C9H10NS/c1-7-9-8(4-6-11-9)3-5-10(7)2/h3-6H,1-2H3/q+1. The molecule has 0 aliphatic rings. The summed E-state index contributed by atoms with van der Waals surface area (Å²) in [5.41, 5.74) is 1.34. The van der Waals surface area contributed by atoms with Crippen LogP contribution in [-0.2, 0) is 7.05 Å². The molecule has 0 amide bonds. The van der Waals surface area contributed by atoms with Crippen LogP contribution in [0.1, 0.15) is 5.69 Å². The van der Waals surface area contributed by atoms with Crippen LogP contribution in [0.2, 0.25) is 0 Å². The molecule has 1 nitrogen and oxygen atoms in total. The molecule has 2 rings (SSSR count). The second-order valence-electron chi connectivity index (χ2n) is 2.72. The van der Waals surface area contributed by atoms with E-state index in [9.17, 15) is 0 Å². The van der Waals surface area contributed by atoms with Crippen molar-refractivity contribution in [3.8, 4) is 0 Å². The number of nitrogens with zero attached hydrogens (tertiary/aromatic N) is 1. The van der Waals surface area contributed by atoms with Gasteiger partial charge in [0.1, 0.15) is 11.7 Å². The van der Waals surface area contributed by atoms with Gasteiger partial charge in [-0.05, 0) is 11.4 Å². The Kier molecular flexibility index (Phi) is 1.43. The van der Waals surface area contributed by atoms with Crippen molar-refractivity contribution in [3.05, 3.63) is 29.4 Å². The lowest BCUT2D eigenvalue weighted by molar-refractivity contribution is -0.676. The van der Waals surface area contributed by atoms with Gasteiger partial charge in [0.25, 0.3) is 0 Å². The molecule has 0 aliphatic heterocycles. The molecular formula is C9H10NS+. The highest BCUT2D eigenvalue weighted by Gasteiger charge is 2.06. The fourth-order valence-corrected chi connectivity index (χ4v) is 2.15. The lowest BCUT2D eigenvalue weighted by Gasteiger charge is -1.92. The maximum Gasteiger partial charge on any atom is 0.195 e. The van der Waals surface area contributed by atoms with Crippen LogP contribution in [0.5, 0.6) is 0 Å². The topological polar surface area (TPSA) is 3.88 Å². The Morgan fingerprint density at radius 3 is 3.00 bits per heavy atom. The lowest BCUT2D eigenvalue weighted by atomic mass is 10.3. The minimum absolute atomic E-state index is 1.34. The Labute approximate surface area is 69.9 Å². The first kappa shape index (κ1) is 6.80. The highest BCUT2D eigenvalue weighted by atomic mass is 32.1. The van der Waals surface area contributed by atoms with Crippen LogP contribution >= 0.6 is 11.3 Å². The molecular weight excluding hydrogens is 154 g/mol. The Balaban J connectivity index is 2.93. The van der Waals surface area contributed by atoms with Gasteiger partial charge < -0.3 is 0 Å². The fraction of sp³-hybridized carbons (Fsp3) is 0.222. The van der Waals surface area contributed by atoms with Crippen molar-refractivity contribution >= 4 is 21.4 Å². The molecule has 0 saturated carbocycles. The summed E-state index contributed by atoms with van der Waals surface area (Å²) in [6, 6.07) is 4.31. The van der Waals surface area contributed by atoms with Crippen LogP contribution in [0.3, 0.4) is 0 Å². The third kappa shape index (κ3) is 0.942. The van der Waals surface area contributed by atoms with Crippen molar-refractivity contribution in [2.75, 3.05) is 0 Å². The summed E-state index contributed by atoms with van der Waals surface area (Å²) in [7, 11) is 2.08. The fourth-order valence-electron chi connectivity index (χ4n) is 1.21. The van der Waals surface area contributed by atoms with Crippen LogP contribution in [0.25, 0.3) is 10.1 Å². The summed E-state index contributed by atoms with van der Waals surface area (Å²) in [4.78, 5) is 0. The number of rotatable bonds is 0. The highest BCUT2D eigenvalue weighted by Crippen LogP contribution is 2.20. The average molecular weight is 164 g/mol. The second kappa shape index (κ2) is 2.31. The second-order valence-corrected chi connectivity index (χ2v) is 3.63. The Morgan fingerprint density at radius 2 is 2.18 bits per heavy atom. The van der Waals surface area contributed by atoms with Gasteiger partial charge in [0.2, 0.25) is 0 Å². The first-order valence-corrected chi connectivity index (χ1v) is 4.49. The number of pyridine rings is 1. The van der Waals surface area contributed by atoms with Gasteiger partial charge in [-0.2, -0.15) is 0 Å². The Morgan fingerprint density at radius 1 is 1.36 bits per heavy atom. The summed E-state index contributed by atoms with van der Waals surface area (Å²) in [6.07, 6.45) is 2.10. The summed E-state index contributed by atoms with van der Waals surface area (Å²) in [5, 5.41) is 3.49. The largest absolute Gasteiger partial charge is 0.204 e. The molecule has 0 saturated heterocycles. The van der Waals surface area contributed by atoms with E-state index in [-0.39, 0.29) is 0 Å². The number of hydrogen-bond acceptors (Lipinski definition) is 1. The summed E-state index contributed by atoms with van der Waals surface area (Å²) >= 11 is 1.81. The molecule has 0 aliphatic carbocycles. The van der Waals surface area contributed by atoms with Crippen LogP contribution < -0.4 is 4.57 Å². The summed E-state index contributed by atoms with van der Waals surface area (Å²) in [6.45, 7) is 2.15. The monoisotopic (exact) mass is 164 g/mol. The van der Waals surface area contributed by atoms with Crippen molar-refractivity contribution in [1.82, 2.24) is 0 Å². The van der Waals surface area contributed by atoms with E-state index in [1.165, 1.54) is 15.8 Å². The van der Waals surface area contributed by atoms with E-state index in [0.29, 0.717) is 0 Å². The van der Waals surface area contributed by atoms with Gasteiger partial charge >= 0.3 is 0 Å². The third-order valence-electron chi connectivity index (χ3n) is 2.03. The van der Waals surface area contributed by atoms with Gasteiger partial charge in [0.05, 0.1) is 0 Å². The molecule has 56 valence electrons. The van der Waals surface area contributed by atoms with Crippen molar-refractivity contribution in [1.29, 1.82) is 0 Å². The number of hydrogen-bond donors (Lipinski definition) is 0. The first-order valence-electron chi connectivity index (χ1n) is 3.61. The van der Waals surface area contributed by atoms with E-state index in [2.05, 4.69) is 42.2 Å². The molecule has 2 heterocycles. The normalized spacial score (nSPS) is 10.7. The van der Waals surface area contributed by atoms with Crippen molar-refractivity contribution in [2.24, 2.45) is 7.05 Å². The van der Waals surface area contributed by atoms with Gasteiger partial charge in [-0.1, -0.05) is 0 Å². The predicted molar refractivity (Wildman–Crippen MR) is 47.7 cm³/mol. The quantitative estimate of drug-likeness (QED) is 0.525. The van der Waals surface area contributed by atoms with Crippen LogP contribution in [0.4, 0.5) is 0 Å². The molecule has 2 heteroatoms. The molecule has 0 atom stereocenters. The number of thiophene rings is 1. The number of aryl methyl sites for hydroxylation is 2. The minimum Gasteiger partial charge on any atom is -0.204 e. The molecule has 2 aromatic rings. The molecule has 0 aromatic carbocycles. The Bertz CT molecular complexity index is 389. The third-order valence-corrected chi connectivity index (χ3v) is 3.07. The van der Waals surface area contributed by atoms with Gasteiger partial charge in [-0.25, -0.2) is 4.57 Å². The zero-order valence-corrected chi connectivity index (χ0v) is 7.48. The van der Waals surface area contributed by atoms with Crippen LogP contribution in [0.15, 0.2) is 23.7 Å². The molecule has 0 fully saturated rings. The van der Waals surface area contributed by atoms with E-state index in [0.717, 1.165) is 0 Å². The van der Waals surface area contributed by atoms with E-state index >= 15 is 0 Å². The first-order chi connectivity index (χ1) is 5.29. The van der Waals surface area contributed by atoms with E-state index < -0.39 is 0 Å². The molecule has 0 radical (unpaired) electrons. The summed E-state index contributed by atoms with van der Waals surface area (Å²) in [5.74, 6) is 0. The maximum atomic E-state index is 2.16. The zero-order chi connectivity index (χ0) is 7.84. The number of fused-ring (bicyclic) bond motifs is 1. The molecule has 2 aromatic heterocycles. The van der Waals surface area contributed by atoms with Crippen LogP contribution in [0, 0.1) is 6.92 Å². The smallest absolute Gasteiger partial charge is 0.195 e. The molecule has 0 unspecified atom stereocenters. The highest BCUT2D eigenvalue weighted by molar-refractivity contribution is 7.17. The van der Waals surface area contributed by atoms with E-state index in [1.54, 1.807) is 0 Å².